The highest BCUT2D eigenvalue weighted by molar-refractivity contribution is 5.93. The number of carbonyl (C=O) groups is 2. The molecule has 0 atom stereocenters. The van der Waals surface area contributed by atoms with Crippen molar-refractivity contribution >= 4 is 23.4 Å². The van der Waals surface area contributed by atoms with Crippen LogP contribution in [-0.4, -0.2) is 22.0 Å². The number of hydrogen-bond donors (Lipinski definition) is 3. The van der Waals surface area contributed by atoms with Crippen molar-refractivity contribution < 1.29 is 14.7 Å². The number of nitrogens with two attached hydrogens (primary N) is 1. The number of aromatic carboxylic acids is 1. The molecule has 1 aromatic heterocycles. The molecule has 0 fully saturated rings. The Morgan fingerprint density at radius 1 is 1.11 bits per heavy atom. The summed E-state index contributed by atoms with van der Waals surface area (Å²) in [5.74, 6) is -1.18. The molecular formula is C13H11N3O3. The molecule has 0 aliphatic carbocycles. The minimum absolute atomic E-state index is 0.0428. The van der Waals surface area contributed by atoms with Gasteiger partial charge in [-0.25, -0.2) is 9.78 Å². The van der Waals surface area contributed by atoms with Gasteiger partial charge in [0.15, 0.2) is 5.69 Å². The van der Waals surface area contributed by atoms with Crippen LogP contribution in [0.2, 0.25) is 0 Å². The first-order chi connectivity index (χ1) is 9.06. The zero-order valence-electron chi connectivity index (χ0n) is 9.83. The first-order valence-corrected chi connectivity index (χ1v) is 5.43. The van der Waals surface area contributed by atoms with Crippen molar-refractivity contribution in [2.45, 2.75) is 0 Å². The first kappa shape index (κ1) is 12.6. The fourth-order valence-corrected chi connectivity index (χ4v) is 1.49. The Bertz CT molecular complexity index is 623. The normalized spacial score (nSPS) is 9.89. The average molecular weight is 257 g/mol. The molecule has 0 unspecified atom stereocenters. The summed E-state index contributed by atoms with van der Waals surface area (Å²) in [7, 11) is 0. The number of hydrogen-bond acceptors (Lipinski definition) is 4. The quantitative estimate of drug-likeness (QED) is 0.771. The molecule has 0 spiro atoms. The van der Waals surface area contributed by atoms with Gasteiger partial charge in [-0.2, -0.15) is 0 Å². The summed E-state index contributed by atoms with van der Waals surface area (Å²) in [5.41, 5.74) is 6.17. The first-order valence-electron chi connectivity index (χ1n) is 5.43. The predicted molar refractivity (Wildman–Crippen MR) is 69.4 cm³/mol. The van der Waals surface area contributed by atoms with Gasteiger partial charge in [-0.3, -0.25) is 4.79 Å². The predicted octanol–water partition coefficient (Wildman–Crippen LogP) is 1.62. The number of amides is 1. The van der Waals surface area contributed by atoms with E-state index in [1.807, 2.05) is 0 Å². The van der Waals surface area contributed by atoms with Crippen LogP contribution in [0.15, 0.2) is 42.5 Å². The van der Waals surface area contributed by atoms with E-state index < -0.39 is 11.9 Å². The van der Waals surface area contributed by atoms with Crippen LogP contribution in [0.3, 0.4) is 0 Å². The van der Waals surface area contributed by atoms with Crippen molar-refractivity contribution in [2.75, 3.05) is 5.32 Å². The minimum atomic E-state index is -1.09. The van der Waals surface area contributed by atoms with Crippen molar-refractivity contribution in [3.05, 3.63) is 53.7 Å². The van der Waals surface area contributed by atoms with Crippen molar-refractivity contribution in [3.8, 4) is 0 Å². The lowest BCUT2D eigenvalue weighted by molar-refractivity contribution is 0.0690. The van der Waals surface area contributed by atoms with Crippen molar-refractivity contribution in [1.29, 1.82) is 0 Å². The molecule has 0 saturated heterocycles. The highest BCUT2D eigenvalue weighted by Crippen LogP contribution is 2.15. The Balaban J connectivity index is 2.19. The second kappa shape index (κ2) is 5.18. The Morgan fingerprint density at radius 3 is 2.37 bits per heavy atom. The summed E-state index contributed by atoms with van der Waals surface area (Å²) in [6.45, 7) is 0. The number of rotatable bonds is 4. The largest absolute Gasteiger partial charge is 0.477 e. The van der Waals surface area contributed by atoms with E-state index in [0.29, 0.717) is 17.1 Å². The van der Waals surface area contributed by atoms with Crippen LogP contribution in [0.5, 0.6) is 0 Å². The number of benzene rings is 1. The third-order valence-corrected chi connectivity index (χ3v) is 2.41. The molecule has 1 amide bonds. The maximum atomic E-state index is 10.9. The van der Waals surface area contributed by atoms with Crippen LogP contribution in [0.25, 0.3) is 0 Å². The van der Waals surface area contributed by atoms with E-state index in [9.17, 15) is 9.59 Å². The van der Waals surface area contributed by atoms with E-state index >= 15 is 0 Å². The monoisotopic (exact) mass is 257 g/mol. The zero-order valence-corrected chi connectivity index (χ0v) is 9.83. The van der Waals surface area contributed by atoms with Gasteiger partial charge in [0.1, 0.15) is 5.82 Å². The number of anilines is 2. The molecule has 2 rings (SSSR count). The van der Waals surface area contributed by atoms with E-state index in [4.69, 9.17) is 10.8 Å². The topological polar surface area (TPSA) is 105 Å². The molecule has 4 N–H and O–H groups in total. The number of nitrogens with zero attached hydrogens (tertiary/aromatic N) is 1. The fraction of sp³-hybridized carbons (Fsp3) is 0. The van der Waals surface area contributed by atoms with Gasteiger partial charge in [0, 0.05) is 11.3 Å². The summed E-state index contributed by atoms with van der Waals surface area (Å²) in [6, 6.07) is 11.1. The summed E-state index contributed by atoms with van der Waals surface area (Å²) in [6.07, 6.45) is 0. The second-order valence-corrected chi connectivity index (χ2v) is 3.78. The molecular weight excluding hydrogens is 246 g/mol. The van der Waals surface area contributed by atoms with Crippen LogP contribution in [0.4, 0.5) is 11.5 Å². The van der Waals surface area contributed by atoms with Gasteiger partial charge < -0.3 is 16.2 Å². The molecule has 6 heteroatoms. The fourth-order valence-electron chi connectivity index (χ4n) is 1.49. The van der Waals surface area contributed by atoms with Crippen LogP contribution < -0.4 is 11.1 Å². The van der Waals surface area contributed by atoms with Crippen molar-refractivity contribution in [3.63, 3.8) is 0 Å². The smallest absolute Gasteiger partial charge is 0.354 e. The molecule has 19 heavy (non-hydrogen) atoms. The standard InChI is InChI=1S/C13H11N3O3/c14-12(17)8-4-6-9(7-5-8)15-11-3-1-2-10(16-11)13(18)19/h1-7H,(H2,14,17)(H,15,16)(H,18,19). The Labute approximate surface area is 108 Å². The molecule has 1 aromatic carbocycles. The van der Waals surface area contributed by atoms with E-state index in [1.165, 1.54) is 6.07 Å². The minimum Gasteiger partial charge on any atom is -0.477 e. The molecule has 2 aromatic rings. The van der Waals surface area contributed by atoms with Gasteiger partial charge in [0.05, 0.1) is 0 Å². The molecule has 0 bridgehead atoms. The Kier molecular flexibility index (Phi) is 3.42. The number of carboxylic acids is 1. The SMILES string of the molecule is NC(=O)c1ccc(Nc2cccc(C(=O)O)n2)cc1. The van der Waals surface area contributed by atoms with Gasteiger partial charge in [-0.1, -0.05) is 6.07 Å². The highest BCUT2D eigenvalue weighted by atomic mass is 16.4. The number of primary amides is 1. The van der Waals surface area contributed by atoms with Gasteiger partial charge >= 0.3 is 5.97 Å². The maximum absolute atomic E-state index is 10.9. The third-order valence-electron chi connectivity index (χ3n) is 2.41. The van der Waals surface area contributed by atoms with Crippen molar-refractivity contribution in [1.82, 2.24) is 4.98 Å². The molecule has 1 heterocycles. The summed E-state index contributed by atoms with van der Waals surface area (Å²) >= 11 is 0. The molecule has 0 radical (unpaired) electrons. The lowest BCUT2D eigenvalue weighted by atomic mass is 10.2. The molecule has 6 nitrogen and oxygen atoms in total. The van der Waals surface area contributed by atoms with Crippen LogP contribution in [-0.2, 0) is 0 Å². The van der Waals surface area contributed by atoms with Crippen molar-refractivity contribution in [2.24, 2.45) is 5.73 Å². The van der Waals surface area contributed by atoms with Gasteiger partial charge in [0.2, 0.25) is 5.91 Å². The number of aromatic nitrogens is 1. The molecule has 0 aliphatic heterocycles. The number of nitrogens with one attached hydrogen (secondary N) is 1. The number of pyridine rings is 1. The van der Waals surface area contributed by atoms with Crippen LogP contribution in [0.1, 0.15) is 20.8 Å². The molecule has 0 aliphatic rings. The zero-order chi connectivity index (χ0) is 13.8. The summed E-state index contributed by atoms with van der Waals surface area (Å²) in [5, 5.41) is 11.8. The summed E-state index contributed by atoms with van der Waals surface area (Å²) < 4.78 is 0. The van der Waals surface area contributed by atoms with E-state index in [1.54, 1.807) is 36.4 Å². The Morgan fingerprint density at radius 2 is 1.79 bits per heavy atom. The third kappa shape index (κ3) is 3.06. The molecule has 96 valence electrons. The lowest BCUT2D eigenvalue weighted by Crippen LogP contribution is -2.10. The average Bonchev–Trinajstić information content (AvgIpc) is 2.39. The maximum Gasteiger partial charge on any atom is 0.354 e. The van der Waals surface area contributed by atoms with E-state index in [2.05, 4.69) is 10.3 Å². The number of carbonyl (C=O) groups excluding carboxylic acids is 1. The second-order valence-electron chi connectivity index (χ2n) is 3.78. The Hall–Kier alpha value is -2.89. The summed E-state index contributed by atoms with van der Waals surface area (Å²) in [4.78, 5) is 25.6. The van der Waals surface area contributed by atoms with Gasteiger partial charge in [-0.15, -0.1) is 0 Å². The lowest BCUT2D eigenvalue weighted by Gasteiger charge is -2.06. The van der Waals surface area contributed by atoms with E-state index in [0.717, 1.165) is 0 Å². The van der Waals surface area contributed by atoms with Crippen LogP contribution in [0, 0.1) is 0 Å². The van der Waals surface area contributed by atoms with Gasteiger partial charge in [-0.05, 0) is 36.4 Å². The number of carboxylic acid groups (broad SMARTS) is 1. The van der Waals surface area contributed by atoms with E-state index in [-0.39, 0.29) is 5.69 Å². The van der Waals surface area contributed by atoms with Crippen LogP contribution >= 0.6 is 0 Å². The van der Waals surface area contributed by atoms with Gasteiger partial charge in [0.25, 0.3) is 0 Å². The molecule has 0 saturated carbocycles. The highest BCUT2D eigenvalue weighted by Gasteiger charge is 2.05.